The molecule has 0 spiro atoms. The van der Waals surface area contributed by atoms with E-state index in [1.54, 1.807) is 41.0 Å². The number of amides is 2. The minimum Gasteiger partial charge on any atom is -0.379 e. The maximum absolute atomic E-state index is 13.5. The number of para-hydroxylation sites is 1. The van der Waals surface area contributed by atoms with Crippen LogP contribution in [0.4, 0.5) is 0 Å². The Morgan fingerprint density at radius 3 is 2.21 bits per heavy atom. The average molecular weight is 447 g/mol. The molecule has 5 rings (SSSR count). The van der Waals surface area contributed by atoms with Gasteiger partial charge in [0.25, 0.3) is 17.4 Å². The van der Waals surface area contributed by atoms with Crippen LogP contribution in [0.15, 0.2) is 53.3 Å². The van der Waals surface area contributed by atoms with Crippen LogP contribution in [0, 0.1) is 0 Å². The molecule has 0 radical (unpaired) electrons. The molecule has 1 saturated heterocycles. The van der Waals surface area contributed by atoms with Crippen molar-refractivity contribution in [3.05, 3.63) is 75.8 Å². The average Bonchev–Trinajstić information content (AvgIpc) is 3.10. The molecule has 33 heavy (non-hydrogen) atoms. The first-order valence-corrected chi connectivity index (χ1v) is 11.4. The molecule has 1 aromatic heterocycles. The second kappa shape index (κ2) is 8.88. The topological polar surface area (TPSA) is 84.7 Å². The second-order valence-electron chi connectivity index (χ2n) is 8.35. The van der Waals surface area contributed by atoms with Crippen LogP contribution in [0.1, 0.15) is 45.9 Å². The third-order valence-corrected chi connectivity index (χ3v) is 6.46. The highest BCUT2D eigenvalue weighted by Gasteiger charge is 2.41. The predicted octanol–water partition coefficient (Wildman–Crippen LogP) is 2.48. The molecule has 2 aliphatic heterocycles. The van der Waals surface area contributed by atoms with E-state index in [2.05, 4.69) is 4.90 Å². The summed E-state index contributed by atoms with van der Waals surface area (Å²) >= 11 is 0. The second-order valence-corrected chi connectivity index (χ2v) is 8.35. The van der Waals surface area contributed by atoms with Gasteiger partial charge >= 0.3 is 0 Å². The van der Waals surface area contributed by atoms with Crippen molar-refractivity contribution >= 4 is 22.7 Å². The van der Waals surface area contributed by atoms with E-state index in [9.17, 15) is 14.4 Å². The number of rotatable bonds is 6. The van der Waals surface area contributed by atoms with Crippen LogP contribution in [0.5, 0.6) is 0 Å². The van der Waals surface area contributed by atoms with Crippen molar-refractivity contribution in [1.29, 1.82) is 0 Å². The SMILES string of the molecule is CC[C@H](c1nc2ccccc2c(=O)n1CCN1CCOCC1)N1C(=O)c2ccccc2C1=O. The Balaban J connectivity index is 1.58. The van der Waals surface area contributed by atoms with E-state index in [-0.39, 0.29) is 17.4 Å². The van der Waals surface area contributed by atoms with Gasteiger partial charge in [-0.2, -0.15) is 0 Å². The normalized spacial score (nSPS) is 17.5. The third-order valence-electron chi connectivity index (χ3n) is 6.46. The molecule has 170 valence electrons. The third kappa shape index (κ3) is 3.75. The number of hydrogen-bond acceptors (Lipinski definition) is 6. The van der Waals surface area contributed by atoms with E-state index >= 15 is 0 Å². The fraction of sp³-hybridized carbons (Fsp3) is 0.360. The summed E-state index contributed by atoms with van der Waals surface area (Å²) in [5, 5.41) is 0.528. The molecule has 0 bridgehead atoms. The van der Waals surface area contributed by atoms with Gasteiger partial charge in [-0.05, 0) is 30.7 Å². The van der Waals surface area contributed by atoms with Gasteiger partial charge in [0.1, 0.15) is 5.82 Å². The summed E-state index contributed by atoms with van der Waals surface area (Å²) in [5.41, 5.74) is 1.20. The zero-order valence-corrected chi connectivity index (χ0v) is 18.6. The van der Waals surface area contributed by atoms with Gasteiger partial charge in [0.05, 0.1) is 41.3 Å². The number of imide groups is 1. The fourth-order valence-corrected chi connectivity index (χ4v) is 4.69. The standard InChI is InChI=1S/C25H26N4O4/c1-2-21(29-24(31)17-7-3-4-8-18(17)25(29)32)22-26-20-10-6-5-9-19(20)23(30)28(22)12-11-27-13-15-33-16-14-27/h3-10,21H,2,11-16H2,1H3/t21-/m1/s1. The van der Waals surface area contributed by atoms with Crippen LogP contribution in [-0.4, -0.2) is 64.0 Å². The molecule has 3 aromatic rings. The number of aromatic nitrogens is 2. The van der Waals surface area contributed by atoms with Crippen LogP contribution < -0.4 is 5.56 Å². The number of hydrogen-bond donors (Lipinski definition) is 0. The maximum Gasteiger partial charge on any atom is 0.262 e. The summed E-state index contributed by atoms with van der Waals surface area (Å²) < 4.78 is 7.08. The van der Waals surface area contributed by atoms with Gasteiger partial charge in [0.15, 0.2) is 0 Å². The number of fused-ring (bicyclic) bond motifs is 2. The number of ether oxygens (including phenoxy) is 1. The van der Waals surface area contributed by atoms with Crippen molar-refractivity contribution in [2.45, 2.75) is 25.9 Å². The summed E-state index contributed by atoms with van der Waals surface area (Å²) in [6.07, 6.45) is 0.452. The first kappa shape index (κ1) is 21.5. The molecule has 1 atom stereocenters. The van der Waals surface area contributed by atoms with Gasteiger partial charge in [-0.15, -0.1) is 0 Å². The highest BCUT2D eigenvalue weighted by Crippen LogP contribution is 2.32. The van der Waals surface area contributed by atoms with Gasteiger partial charge in [0.2, 0.25) is 0 Å². The van der Waals surface area contributed by atoms with Crippen LogP contribution >= 0.6 is 0 Å². The Labute approximate surface area is 191 Å². The van der Waals surface area contributed by atoms with Crippen molar-refractivity contribution in [2.24, 2.45) is 0 Å². The Kier molecular flexibility index (Phi) is 5.78. The lowest BCUT2D eigenvalue weighted by Gasteiger charge is -2.29. The number of benzene rings is 2. The van der Waals surface area contributed by atoms with Crippen LogP contribution in [0.25, 0.3) is 10.9 Å². The first-order chi connectivity index (χ1) is 16.1. The van der Waals surface area contributed by atoms with Gasteiger partial charge in [-0.25, -0.2) is 4.98 Å². The van der Waals surface area contributed by atoms with Crippen molar-refractivity contribution in [2.75, 3.05) is 32.8 Å². The van der Waals surface area contributed by atoms with E-state index in [4.69, 9.17) is 9.72 Å². The molecule has 2 amide bonds. The largest absolute Gasteiger partial charge is 0.379 e. The Morgan fingerprint density at radius 2 is 1.55 bits per heavy atom. The molecule has 0 N–H and O–H groups in total. The molecule has 2 aromatic carbocycles. The van der Waals surface area contributed by atoms with Crippen molar-refractivity contribution in [1.82, 2.24) is 19.4 Å². The number of nitrogens with zero attached hydrogens (tertiary/aromatic N) is 4. The Morgan fingerprint density at radius 1 is 0.909 bits per heavy atom. The van der Waals surface area contributed by atoms with E-state index in [0.717, 1.165) is 13.1 Å². The molecular formula is C25H26N4O4. The quantitative estimate of drug-likeness (QED) is 0.541. The zero-order chi connectivity index (χ0) is 22.9. The highest BCUT2D eigenvalue weighted by molar-refractivity contribution is 6.21. The zero-order valence-electron chi connectivity index (χ0n) is 18.6. The fourth-order valence-electron chi connectivity index (χ4n) is 4.69. The van der Waals surface area contributed by atoms with E-state index in [1.807, 2.05) is 19.1 Å². The summed E-state index contributed by atoms with van der Waals surface area (Å²) in [6.45, 7) is 5.94. The van der Waals surface area contributed by atoms with Crippen molar-refractivity contribution in [3.8, 4) is 0 Å². The van der Waals surface area contributed by atoms with Gasteiger partial charge in [0, 0.05) is 26.2 Å². The number of morpholine rings is 1. The maximum atomic E-state index is 13.5. The van der Waals surface area contributed by atoms with Crippen LogP contribution in [0.3, 0.4) is 0 Å². The summed E-state index contributed by atoms with van der Waals surface area (Å²) in [5.74, 6) is -0.238. The summed E-state index contributed by atoms with van der Waals surface area (Å²) in [4.78, 5) is 48.3. The molecule has 2 aliphatic rings. The lowest BCUT2D eigenvalue weighted by molar-refractivity contribution is 0.0357. The molecule has 1 fully saturated rings. The molecule has 0 unspecified atom stereocenters. The van der Waals surface area contributed by atoms with Gasteiger partial charge in [-0.3, -0.25) is 28.8 Å². The van der Waals surface area contributed by atoms with E-state index in [0.29, 0.717) is 60.6 Å². The molecule has 3 heterocycles. The van der Waals surface area contributed by atoms with E-state index in [1.165, 1.54) is 4.90 Å². The van der Waals surface area contributed by atoms with Crippen LogP contribution in [0.2, 0.25) is 0 Å². The van der Waals surface area contributed by atoms with Gasteiger partial charge < -0.3 is 4.74 Å². The Bertz CT molecular complexity index is 1240. The summed E-state index contributed by atoms with van der Waals surface area (Å²) in [6, 6.07) is 13.4. The summed E-state index contributed by atoms with van der Waals surface area (Å²) in [7, 11) is 0. The predicted molar refractivity (Wildman–Crippen MR) is 123 cm³/mol. The molecule has 8 heteroatoms. The van der Waals surface area contributed by atoms with Crippen molar-refractivity contribution in [3.63, 3.8) is 0 Å². The van der Waals surface area contributed by atoms with Crippen molar-refractivity contribution < 1.29 is 14.3 Å². The Hall–Kier alpha value is -3.36. The smallest absolute Gasteiger partial charge is 0.262 e. The monoisotopic (exact) mass is 446 g/mol. The minimum atomic E-state index is -0.639. The molecular weight excluding hydrogens is 420 g/mol. The van der Waals surface area contributed by atoms with E-state index < -0.39 is 6.04 Å². The molecule has 8 nitrogen and oxygen atoms in total. The number of carbonyl (C=O) groups excluding carboxylic acids is 2. The minimum absolute atomic E-state index is 0.154. The van der Waals surface area contributed by atoms with Gasteiger partial charge in [-0.1, -0.05) is 31.2 Å². The molecule has 0 saturated carbocycles. The molecule has 0 aliphatic carbocycles. The highest BCUT2D eigenvalue weighted by atomic mass is 16.5. The number of carbonyl (C=O) groups is 2. The lowest BCUT2D eigenvalue weighted by atomic mass is 10.1. The lowest BCUT2D eigenvalue weighted by Crippen LogP contribution is -2.42. The first-order valence-electron chi connectivity index (χ1n) is 11.4. The van der Waals surface area contributed by atoms with Crippen LogP contribution in [-0.2, 0) is 11.3 Å².